The third-order valence-corrected chi connectivity index (χ3v) is 14.0. The summed E-state index contributed by atoms with van der Waals surface area (Å²) in [7, 11) is 5.34. The fraction of sp³-hybridized carbons (Fsp3) is 0.600. The van der Waals surface area contributed by atoms with E-state index >= 15 is 0 Å². The summed E-state index contributed by atoms with van der Waals surface area (Å²) in [5.74, 6) is -3.30. The molecule has 15 atom stereocenters. The summed E-state index contributed by atoms with van der Waals surface area (Å²) in [6, 6.07) is 0. The molecule has 0 radical (unpaired) electrons. The molecule has 91 heavy (non-hydrogen) atoms. The first-order valence-electron chi connectivity index (χ1n) is 26.1. The van der Waals surface area contributed by atoms with Gasteiger partial charge >= 0.3 is 0 Å². The van der Waals surface area contributed by atoms with Crippen molar-refractivity contribution in [3.63, 3.8) is 0 Å². The van der Waals surface area contributed by atoms with Crippen molar-refractivity contribution in [1.29, 1.82) is 0 Å². The Hall–Kier alpha value is -7.82. The number of amides is 5. The molecule has 0 unspecified atom stereocenters. The predicted molar refractivity (Wildman–Crippen MR) is 322 cm³/mol. The number of ether oxygens (including phenoxy) is 8. The van der Waals surface area contributed by atoms with Crippen LogP contribution in [0.3, 0.4) is 0 Å². The molecule has 18 N–H and O–H groups in total. The molecule has 0 aromatic carbocycles. The number of aliphatic hydroxyl groups excluding tert-OH is 7. The van der Waals surface area contributed by atoms with E-state index in [0.29, 0.717) is 28.7 Å². The van der Waals surface area contributed by atoms with E-state index in [4.69, 9.17) is 76.8 Å². The average Bonchev–Trinajstić information content (AvgIpc) is 1.69. The Balaban J connectivity index is 0.00000109. The molecule has 10 rings (SSSR count). The van der Waals surface area contributed by atoms with Gasteiger partial charge in [0.05, 0.1) is 50.0 Å². The van der Waals surface area contributed by atoms with Crippen LogP contribution in [0.4, 0.5) is 0 Å². The highest BCUT2D eigenvalue weighted by Crippen LogP contribution is 2.36. The summed E-state index contributed by atoms with van der Waals surface area (Å²) in [6.45, 7) is 8.59. The summed E-state index contributed by atoms with van der Waals surface area (Å²) in [4.78, 5) is 74.4. The maximum atomic E-state index is 11.1. The van der Waals surface area contributed by atoms with Gasteiger partial charge in [0.2, 0.25) is 5.88 Å². The standard InChI is InChI=1S/C11H17N3O3.2C10H15N3O5.C9H13N3O5.C9H11N3O2.CH4O.5CH4/c1-6-4-8(17-11(6)16-3)14-5-13-9(7(14)2)10(12)15;2*1-4-5(8(11)16)12-3-13(4)9-6(14)7(15)10(17-2)18-9;10-8(15)7-9(16)12(3-11-7)6-1-4(14)5(2-13)17-6;1-6-8(9(10)13)11-5-12(6)7-3-2-4-14-7;1-2;;;;;/h5-6,8,11H,4H2,1-3H3,(H2,12,15);2*3,6-7,9-10,14-15H,1-2H3,(H2,11,16);3-6,13-14,16H,1-2H2,(H2,10,15);2,4-5,7H,3H2,1H3,(H2,10,13);2H,1H3;5*1H4/t6-,8+,11-;2*6-,7+,9-,10+;4-,5+,6+;7-;;;;;;/m01101....../s1. The largest absolute Gasteiger partial charge is 0.493 e. The fourth-order valence-electron chi connectivity index (χ4n) is 9.44. The molecule has 516 valence electrons. The van der Waals surface area contributed by atoms with Gasteiger partial charge in [0, 0.05) is 70.7 Å². The Bertz CT molecular complexity index is 2950. The molecule has 5 aromatic heterocycles. The molecule has 5 aromatic rings. The summed E-state index contributed by atoms with van der Waals surface area (Å²) < 4.78 is 49.7. The zero-order chi connectivity index (χ0) is 64.2. The van der Waals surface area contributed by atoms with Gasteiger partial charge in [0.25, 0.3) is 29.5 Å². The van der Waals surface area contributed by atoms with Crippen LogP contribution < -0.4 is 28.7 Å². The Kier molecular flexibility index (Phi) is 33.7. The number of carbonyl (C=O) groups is 5. The van der Waals surface area contributed by atoms with Crippen LogP contribution in [0.2, 0.25) is 0 Å². The van der Waals surface area contributed by atoms with Gasteiger partial charge in [0.1, 0.15) is 72.1 Å². The number of hydrogen-bond acceptors (Lipinski definition) is 26. The van der Waals surface area contributed by atoms with Crippen LogP contribution in [-0.4, -0.2) is 209 Å². The zero-order valence-electron chi connectivity index (χ0n) is 48.3. The van der Waals surface area contributed by atoms with Crippen molar-refractivity contribution in [1.82, 2.24) is 47.8 Å². The number of aliphatic hydroxyl groups is 7. The quantitative estimate of drug-likeness (QED) is 0.0678. The number of hydrogen-bond donors (Lipinski definition) is 13. The predicted octanol–water partition coefficient (Wildman–Crippen LogP) is -0.315. The van der Waals surface area contributed by atoms with Gasteiger partial charge in [-0.25, -0.2) is 24.9 Å². The first kappa shape index (κ1) is 83.2. The zero-order valence-corrected chi connectivity index (χ0v) is 48.3. The van der Waals surface area contributed by atoms with Gasteiger partial charge in [0.15, 0.2) is 43.2 Å². The molecule has 0 bridgehead atoms. The molecule has 5 aliphatic heterocycles. The summed E-state index contributed by atoms with van der Waals surface area (Å²) in [5, 5.41) is 74.2. The molecular formula is C55H95N15O21. The monoisotopic (exact) mass is 1300 g/mol. The van der Waals surface area contributed by atoms with Gasteiger partial charge in [-0.2, -0.15) is 0 Å². The van der Waals surface area contributed by atoms with Gasteiger partial charge < -0.3 is 121 Å². The fourth-order valence-corrected chi connectivity index (χ4v) is 9.44. The molecular weight excluding hydrogens is 1210 g/mol. The number of methoxy groups -OCH3 is 3. The average molecular weight is 1300 g/mol. The van der Waals surface area contributed by atoms with E-state index in [-0.39, 0.29) is 86.0 Å². The van der Waals surface area contributed by atoms with Crippen molar-refractivity contribution in [2.24, 2.45) is 34.6 Å². The van der Waals surface area contributed by atoms with Crippen molar-refractivity contribution in [2.75, 3.05) is 35.0 Å². The van der Waals surface area contributed by atoms with Crippen LogP contribution in [0.1, 0.15) is 170 Å². The van der Waals surface area contributed by atoms with Crippen LogP contribution >= 0.6 is 0 Å². The summed E-state index contributed by atoms with van der Waals surface area (Å²) >= 11 is 0. The molecule has 0 aliphatic carbocycles. The number of primary amides is 5. The molecule has 0 saturated carbocycles. The minimum atomic E-state index is -1.18. The molecule has 36 heteroatoms. The molecule has 4 fully saturated rings. The van der Waals surface area contributed by atoms with E-state index in [9.17, 15) is 54.6 Å². The second kappa shape index (κ2) is 36.9. The second-order valence-electron chi connectivity index (χ2n) is 19.4. The maximum absolute atomic E-state index is 11.1. The van der Waals surface area contributed by atoms with Crippen molar-refractivity contribution in [3.05, 3.63) is 95.2 Å². The SMILES string of the molecule is C.C.C.C.C.CO.CO[C@H]1O[C@@H](n2cnc(C(N)=O)c2C)C[C@@H]1C.CO[C@H]1O[C@@H](n2cnc(C(N)=O)c2C)[C@H](O)[C@@H]1O.CO[C@H]1O[C@@H](n2cnc(C(N)=O)c2C)[C@H](O)[C@@H]1O.Cc1c(C(N)=O)ncn1[C@H]1CC=CO1.NC(=O)c1ncn([C@H]2C[C@H](O)[C@@H](CO)O2)c1O. The minimum Gasteiger partial charge on any atom is -0.493 e. The third-order valence-electron chi connectivity index (χ3n) is 14.0. The third kappa shape index (κ3) is 18.7. The van der Waals surface area contributed by atoms with Crippen molar-refractivity contribution < 1.29 is 103 Å². The lowest BCUT2D eigenvalue weighted by Crippen LogP contribution is -2.32. The van der Waals surface area contributed by atoms with Gasteiger partial charge in [-0.3, -0.25) is 33.1 Å². The topological polar surface area (TPSA) is 540 Å². The highest BCUT2D eigenvalue weighted by atomic mass is 16.7. The van der Waals surface area contributed by atoms with Gasteiger partial charge in [-0.1, -0.05) is 44.1 Å². The van der Waals surface area contributed by atoms with Crippen LogP contribution in [-0.2, 0) is 37.9 Å². The summed E-state index contributed by atoms with van der Waals surface area (Å²) in [5.41, 5.74) is 28.6. The number of imidazole rings is 5. The molecule has 5 aliphatic rings. The lowest BCUT2D eigenvalue weighted by atomic mass is 10.1. The highest BCUT2D eigenvalue weighted by molar-refractivity contribution is 5.94. The molecule has 4 saturated heterocycles. The highest BCUT2D eigenvalue weighted by Gasteiger charge is 2.46. The van der Waals surface area contributed by atoms with E-state index in [1.54, 1.807) is 58.3 Å². The van der Waals surface area contributed by atoms with Crippen LogP contribution in [0.25, 0.3) is 0 Å². The lowest BCUT2D eigenvalue weighted by molar-refractivity contribution is -0.161. The smallest absolute Gasteiger partial charge is 0.272 e. The van der Waals surface area contributed by atoms with E-state index in [1.807, 2.05) is 10.6 Å². The van der Waals surface area contributed by atoms with E-state index in [1.165, 1.54) is 46.9 Å². The van der Waals surface area contributed by atoms with Gasteiger partial charge in [-0.05, 0) is 33.8 Å². The number of rotatable bonds is 14. The van der Waals surface area contributed by atoms with E-state index in [2.05, 4.69) is 31.8 Å². The van der Waals surface area contributed by atoms with Crippen molar-refractivity contribution in [3.8, 4) is 5.88 Å². The second-order valence-corrected chi connectivity index (χ2v) is 19.4. The van der Waals surface area contributed by atoms with E-state index < -0.39 is 103 Å². The number of aromatic hydroxyl groups is 1. The first-order valence-corrected chi connectivity index (χ1v) is 26.1. The molecule has 10 heterocycles. The first-order chi connectivity index (χ1) is 40.7. The Labute approximate surface area is 527 Å². The Morgan fingerprint density at radius 2 is 0.846 bits per heavy atom. The molecule has 36 nitrogen and oxygen atoms in total. The lowest BCUT2D eigenvalue weighted by Gasteiger charge is -2.17. The number of aromatic nitrogens is 10. The van der Waals surface area contributed by atoms with Crippen LogP contribution in [0.5, 0.6) is 5.88 Å². The Morgan fingerprint density at radius 3 is 1.14 bits per heavy atom. The number of carbonyl (C=O) groups excluding carboxylic acids is 5. The van der Waals surface area contributed by atoms with Gasteiger partial charge in [-0.15, -0.1) is 0 Å². The maximum Gasteiger partial charge on any atom is 0.272 e. The van der Waals surface area contributed by atoms with Crippen molar-refractivity contribution in [2.45, 2.75) is 178 Å². The van der Waals surface area contributed by atoms with Crippen LogP contribution in [0.15, 0.2) is 44.0 Å². The number of nitrogens with zero attached hydrogens (tertiary/aromatic N) is 10. The Morgan fingerprint density at radius 1 is 0.505 bits per heavy atom. The molecule has 0 spiro atoms. The minimum absolute atomic E-state index is 0. The van der Waals surface area contributed by atoms with Crippen molar-refractivity contribution >= 4 is 29.5 Å². The van der Waals surface area contributed by atoms with E-state index in [0.717, 1.165) is 31.3 Å². The number of nitrogens with two attached hydrogens (primary N) is 5. The normalized spacial score (nSPS) is 26.3. The van der Waals surface area contributed by atoms with Crippen LogP contribution in [0, 0.1) is 33.6 Å². The summed E-state index contributed by atoms with van der Waals surface area (Å²) in [6.07, 6.45) is 1.45. The molecule has 5 amide bonds.